The van der Waals surface area contributed by atoms with Gasteiger partial charge in [-0.15, -0.1) is 0 Å². The van der Waals surface area contributed by atoms with Crippen molar-refractivity contribution in [1.82, 2.24) is 31.0 Å². The van der Waals surface area contributed by atoms with Crippen molar-refractivity contribution < 1.29 is 19.5 Å². The van der Waals surface area contributed by atoms with Crippen LogP contribution < -0.4 is 16.0 Å². The van der Waals surface area contributed by atoms with Gasteiger partial charge in [0.2, 0.25) is 11.8 Å². The van der Waals surface area contributed by atoms with E-state index < -0.39 is 30.0 Å². The Morgan fingerprint density at radius 1 is 1.36 bits per heavy atom. The Morgan fingerprint density at radius 3 is 2.86 bits per heavy atom. The first-order valence-corrected chi connectivity index (χ1v) is 6.78. The number of aromatic nitrogens is 4. The number of hydrogen-bond donors (Lipinski definition) is 5. The molecule has 1 fully saturated rings. The molecular formula is C10H9N7O4S. The number of aliphatic hydroxyl groups is 1. The van der Waals surface area contributed by atoms with E-state index in [1.807, 2.05) is 10.6 Å². The van der Waals surface area contributed by atoms with E-state index in [2.05, 4.69) is 25.7 Å². The maximum Gasteiger partial charge on any atom is 0.323 e. The minimum Gasteiger partial charge on any atom is -0.372 e. The third-order valence-electron chi connectivity index (χ3n) is 2.80. The van der Waals surface area contributed by atoms with Gasteiger partial charge in [-0.3, -0.25) is 14.9 Å². The lowest BCUT2D eigenvalue weighted by Crippen LogP contribution is -2.61. The van der Waals surface area contributed by atoms with Gasteiger partial charge in [0.05, 0.1) is 11.1 Å². The molecule has 11 nitrogen and oxygen atoms in total. The van der Waals surface area contributed by atoms with Gasteiger partial charge in [0, 0.05) is 6.20 Å². The van der Waals surface area contributed by atoms with Crippen LogP contribution in [0.25, 0.3) is 10.6 Å². The molecule has 3 rings (SSSR count). The van der Waals surface area contributed by atoms with Crippen LogP contribution in [0.5, 0.6) is 0 Å². The Morgan fingerprint density at radius 2 is 2.18 bits per heavy atom. The van der Waals surface area contributed by atoms with Crippen molar-refractivity contribution in [3.05, 3.63) is 12.4 Å². The monoisotopic (exact) mass is 323 g/mol. The van der Waals surface area contributed by atoms with Crippen molar-refractivity contribution in [1.29, 1.82) is 0 Å². The molecule has 22 heavy (non-hydrogen) atoms. The lowest BCUT2D eigenvalue weighted by molar-refractivity contribution is -0.138. The minimum atomic E-state index is -1.60. The van der Waals surface area contributed by atoms with Gasteiger partial charge in [-0.05, 0) is 0 Å². The van der Waals surface area contributed by atoms with E-state index in [1.54, 1.807) is 0 Å². The smallest absolute Gasteiger partial charge is 0.323 e. The minimum absolute atomic E-state index is 0.222. The van der Waals surface area contributed by atoms with Crippen molar-refractivity contribution in [3.63, 3.8) is 0 Å². The number of rotatable bonds is 3. The first-order valence-electron chi connectivity index (χ1n) is 5.97. The Bertz CT molecular complexity index is 727. The van der Waals surface area contributed by atoms with Gasteiger partial charge >= 0.3 is 6.03 Å². The molecule has 12 heteroatoms. The summed E-state index contributed by atoms with van der Waals surface area (Å²) < 4.78 is 0. The third kappa shape index (κ3) is 2.64. The molecule has 0 spiro atoms. The van der Waals surface area contributed by atoms with Crippen LogP contribution in [0.3, 0.4) is 0 Å². The fourth-order valence-corrected chi connectivity index (χ4v) is 2.58. The number of nitrogens with zero attached hydrogens (tertiary/aromatic N) is 3. The second-order valence-corrected chi connectivity index (χ2v) is 5.29. The topological polar surface area (TPSA) is 162 Å². The van der Waals surface area contributed by atoms with Crippen molar-refractivity contribution in [2.24, 2.45) is 5.92 Å². The molecule has 0 aliphatic carbocycles. The molecule has 4 amide bonds. The molecule has 2 aromatic rings. The maximum atomic E-state index is 12.0. The van der Waals surface area contributed by atoms with E-state index in [9.17, 15) is 19.5 Å². The number of aromatic amines is 1. The summed E-state index contributed by atoms with van der Waals surface area (Å²) in [7, 11) is 0. The summed E-state index contributed by atoms with van der Waals surface area (Å²) in [6.07, 6.45) is 1.38. The summed E-state index contributed by atoms with van der Waals surface area (Å²) in [5.74, 6) is -3.13. The van der Waals surface area contributed by atoms with Crippen molar-refractivity contribution >= 4 is 34.3 Å². The van der Waals surface area contributed by atoms with Gasteiger partial charge < -0.3 is 15.7 Å². The highest BCUT2D eigenvalue weighted by atomic mass is 32.1. The fourth-order valence-electron chi connectivity index (χ4n) is 1.80. The quantitative estimate of drug-likeness (QED) is 0.436. The molecule has 2 aromatic heterocycles. The summed E-state index contributed by atoms with van der Waals surface area (Å²) in [6, 6.07) is -0.857. The number of imide groups is 1. The van der Waals surface area contributed by atoms with Crippen LogP contribution in [0.2, 0.25) is 0 Å². The zero-order valence-electron chi connectivity index (χ0n) is 10.7. The number of aliphatic hydroxyl groups excluding tert-OH is 1. The summed E-state index contributed by atoms with van der Waals surface area (Å²) in [6.45, 7) is 0. The number of carbonyl (C=O) groups excluding carboxylic acids is 3. The summed E-state index contributed by atoms with van der Waals surface area (Å²) >= 11 is 1.12. The van der Waals surface area contributed by atoms with E-state index in [0.29, 0.717) is 10.6 Å². The van der Waals surface area contributed by atoms with E-state index in [0.717, 1.165) is 11.3 Å². The first-order chi connectivity index (χ1) is 10.5. The molecule has 114 valence electrons. The molecule has 1 saturated heterocycles. The van der Waals surface area contributed by atoms with Gasteiger partial charge in [0.25, 0.3) is 0 Å². The van der Waals surface area contributed by atoms with Crippen molar-refractivity contribution in [2.45, 2.75) is 6.23 Å². The summed E-state index contributed by atoms with van der Waals surface area (Å²) in [5.41, 5.74) is 0.556. The highest BCUT2D eigenvalue weighted by Crippen LogP contribution is 2.27. The number of hydrogen-bond acceptors (Lipinski definition) is 8. The number of nitrogens with one attached hydrogen (secondary N) is 4. The summed E-state index contributed by atoms with van der Waals surface area (Å²) in [5, 5.41) is 26.2. The molecular weight excluding hydrogens is 314 g/mol. The number of urea groups is 1. The van der Waals surface area contributed by atoms with E-state index in [4.69, 9.17) is 0 Å². The molecule has 2 unspecified atom stereocenters. The lowest BCUT2D eigenvalue weighted by atomic mass is 10.0. The van der Waals surface area contributed by atoms with Gasteiger partial charge in [-0.1, -0.05) is 11.3 Å². The van der Waals surface area contributed by atoms with E-state index >= 15 is 0 Å². The highest BCUT2D eigenvalue weighted by molar-refractivity contribution is 7.19. The van der Waals surface area contributed by atoms with Crippen LogP contribution in [0.1, 0.15) is 0 Å². The Hall–Kier alpha value is -2.86. The number of amides is 4. The fraction of sp³-hybridized carbons (Fsp3) is 0.200. The highest BCUT2D eigenvalue weighted by Gasteiger charge is 2.40. The first kappa shape index (κ1) is 14.1. The number of anilines is 1. The normalized spacial score (nSPS) is 21.1. The SMILES string of the molecule is O=C1NC(=O)C(C(=O)Nc2ncc(-c3cn[nH]n3)s2)C(O)N1. The summed E-state index contributed by atoms with van der Waals surface area (Å²) in [4.78, 5) is 39.3. The third-order valence-corrected chi connectivity index (χ3v) is 3.73. The molecule has 5 N–H and O–H groups in total. The van der Waals surface area contributed by atoms with E-state index in [-0.39, 0.29) is 5.13 Å². The van der Waals surface area contributed by atoms with E-state index in [1.165, 1.54) is 12.4 Å². The molecule has 0 radical (unpaired) electrons. The average molecular weight is 323 g/mol. The van der Waals surface area contributed by atoms with Crippen LogP contribution in [0.4, 0.5) is 9.93 Å². The molecule has 2 atom stereocenters. The van der Waals surface area contributed by atoms with Crippen LogP contribution in [-0.2, 0) is 9.59 Å². The second-order valence-electron chi connectivity index (χ2n) is 4.26. The van der Waals surface area contributed by atoms with Crippen molar-refractivity contribution in [2.75, 3.05) is 5.32 Å². The molecule has 3 heterocycles. The Labute approximate surface area is 126 Å². The lowest BCUT2D eigenvalue weighted by Gasteiger charge is -2.26. The van der Waals surface area contributed by atoms with Crippen LogP contribution in [0.15, 0.2) is 12.4 Å². The van der Waals surface area contributed by atoms with Crippen molar-refractivity contribution in [3.8, 4) is 10.6 Å². The zero-order valence-corrected chi connectivity index (χ0v) is 11.5. The second kappa shape index (κ2) is 5.50. The predicted octanol–water partition coefficient (Wildman–Crippen LogP) is -1.36. The average Bonchev–Trinajstić information content (AvgIpc) is 3.07. The molecule has 0 bridgehead atoms. The van der Waals surface area contributed by atoms with Gasteiger partial charge in [-0.2, -0.15) is 15.4 Å². The number of H-pyrrole nitrogens is 1. The Balaban J connectivity index is 1.72. The predicted molar refractivity (Wildman–Crippen MR) is 72.3 cm³/mol. The zero-order chi connectivity index (χ0) is 15.7. The largest absolute Gasteiger partial charge is 0.372 e. The Kier molecular flexibility index (Phi) is 3.52. The molecule has 1 aliphatic rings. The number of carbonyl (C=O) groups is 3. The molecule has 0 aromatic carbocycles. The maximum absolute atomic E-state index is 12.0. The van der Waals surface area contributed by atoms with Gasteiger partial charge in [0.1, 0.15) is 11.9 Å². The molecule has 1 aliphatic heterocycles. The van der Waals surface area contributed by atoms with Crippen LogP contribution >= 0.6 is 11.3 Å². The standard InChI is InChI=1S/C10H9N7O4S/c18-6-5(7(19)14-9(21)13-6)8(20)15-10-11-2-4(22-10)3-1-12-17-16-3/h1-2,5-6,18H,(H,11,15,20)(H,12,16,17)(H2,13,14,19,21). The van der Waals surface area contributed by atoms with Gasteiger partial charge in [0.15, 0.2) is 11.0 Å². The van der Waals surface area contributed by atoms with Crippen LogP contribution in [-0.4, -0.2) is 49.6 Å². The van der Waals surface area contributed by atoms with Crippen LogP contribution in [0, 0.1) is 5.92 Å². The number of thiazole rings is 1. The molecule has 0 saturated carbocycles. The van der Waals surface area contributed by atoms with Gasteiger partial charge in [-0.25, -0.2) is 9.78 Å².